The summed E-state index contributed by atoms with van der Waals surface area (Å²) in [5, 5.41) is 3.03. The number of amides is 1. The van der Waals surface area contributed by atoms with E-state index in [0.717, 1.165) is 31.6 Å². The first-order valence-corrected chi connectivity index (χ1v) is 6.63. The molecule has 1 fully saturated rings. The van der Waals surface area contributed by atoms with E-state index in [1.165, 1.54) is 17.5 Å². The average molecular weight is 245 g/mol. The lowest BCUT2D eigenvalue weighted by Gasteiger charge is -2.41. The largest absolute Gasteiger partial charge is 0.497 e. The van der Waals surface area contributed by atoms with Gasteiger partial charge in [0.1, 0.15) is 5.75 Å². The van der Waals surface area contributed by atoms with Gasteiger partial charge in [-0.15, -0.1) is 0 Å². The molecule has 1 amide bonds. The summed E-state index contributed by atoms with van der Waals surface area (Å²) < 4.78 is 5.30. The van der Waals surface area contributed by atoms with Crippen LogP contribution in [0.5, 0.6) is 5.75 Å². The van der Waals surface area contributed by atoms with Gasteiger partial charge in [0.2, 0.25) is 5.91 Å². The van der Waals surface area contributed by atoms with Crippen LogP contribution >= 0.6 is 0 Å². The summed E-state index contributed by atoms with van der Waals surface area (Å²) >= 11 is 0. The van der Waals surface area contributed by atoms with Crippen LogP contribution in [0.4, 0.5) is 0 Å². The van der Waals surface area contributed by atoms with E-state index in [1.54, 1.807) is 7.11 Å². The maximum Gasteiger partial charge on any atom is 0.220 e. The fourth-order valence-electron chi connectivity index (χ4n) is 3.24. The number of aryl methyl sites for hydroxylation is 1. The number of hydrogen-bond donors (Lipinski definition) is 1. The van der Waals surface area contributed by atoms with Crippen LogP contribution in [0.2, 0.25) is 0 Å². The highest BCUT2D eigenvalue weighted by Crippen LogP contribution is 2.41. The van der Waals surface area contributed by atoms with Crippen molar-refractivity contribution in [3.8, 4) is 5.75 Å². The molecule has 1 unspecified atom stereocenters. The van der Waals surface area contributed by atoms with Crippen LogP contribution in [0.1, 0.15) is 30.4 Å². The summed E-state index contributed by atoms with van der Waals surface area (Å²) in [6.07, 6.45) is 5.08. The number of fused-ring (bicyclic) bond motifs is 1. The maximum atomic E-state index is 11.3. The van der Waals surface area contributed by atoms with Crippen molar-refractivity contribution in [1.82, 2.24) is 5.32 Å². The molecule has 1 aliphatic carbocycles. The van der Waals surface area contributed by atoms with Crippen molar-refractivity contribution in [2.45, 2.75) is 32.1 Å². The number of carbonyl (C=O) groups is 1. The van der Waals surface area contributed by atoms with Crippen LogP contribution in [0.15, 0.2) is 18.2 Å². The lowest BCUT2D eigenvalue weighted by atomic mass is 9.67. The molecule has 1 aromatic rings. The second-order valence-corrected chi connectivity index (χ2v) is 5.59. The summed E-state index contributed by atoms with van der Waals surface area (Å²) in [6.45, 7) is 0.836. The lowest BCUT2D eigenvalue weighted by Crippen LogP contribution is -2.46. The standard InChI is InChI=1S/C15H19NO2/c1-18-13-3-2-11-4-6-15(9-12(11)8-13)7-5-14(17)16-10-15/h2-3,8H,4-7,9-10H2,1H3,(H,16,17). The first kappa shape index (κ1) is 11.6. The van der Waals surface area contributed by atoms with Crippen molar-refractivity contribution in [3.63, 3.8) is 0 Å². The van der Waals surface area contributed by atoms with Crippen LogP contribution < -0.4 is 10.1 Å². The molecule has 0 aromatic heterocycles. The molecule has 3 rings (SSSR count). The predicted molar refractivity (Wildman–Crippen MR) is 69.7 cm³/mol. The Labute approximate surface area is 108 Å². The van der Waals surface area contributed by atoms with Gasteiger partial charge in [-0.05, 0) is 54.4 Å². The molecule has 96 valence electrons. The zero-order chi connectivity index (χ0) is 12.6. The summed E-state index contributed by atoms with van der Waals surface area (Å²) in [6, 6.07) is 6.38. The molecule has 1 aromatic carbocycles. The van der Waals surface area contributed by atoms with Crippen molar-refractivity contribution in [2.75, 3.05) is 13.7 Å². The van der Waals surface area contributed by atoms with Gasteiger partial charge in [-0.2, -0.15) is 0 Å². The van der Waals surface area contributed by atoms with Crippen LogP contribution in [-0.2, 0) is 17.6 Å². The Morgan fingerprint density at radius 3 is 2.78 bits per heavy atom. The number of methoxy groups -OCH3 is 1. The smallest absolute Gasteiger partial charge is 0.220 e. The molecule has 3 nitrogen and oxygen atoms in total. The Balaban J connectivity index is 1.85. The fourth-order valence-corrected chi connectivity index (χ4v) is 3.24. The quantitative estimate of drug-likeness (QED) is 0.822. The minimum absolute atomic E-state index is 0.206. The van der Waals surface area contributed by atoms with Gasteiger partial charge in [-0.1, -0.05) is 6.07 Å². The molecule has 3 heteroatoms. The number of benzene rings is 1. The predicted octanol–water partition coefficient (Wildman–Crippen LogP) is 2.08. The summed E-state index contributed by atoms with van der Waals surface area (Å²) in [5.41, 5.74) is 3.13. The molecule has 1 aliphatic heterocycles. The fraction of sp³-hybridized carbons (Fsp3) is 0.533. The van der Waals surface area contributed by atoms with Crippen LogP contribution in [0, 0.1) is 5.41 Å². The third-order valence-electron chi connectivity index (χ3n) is 4.45. The Bertz CT molecular complexity index is 471. The van der Waals surface area contributed by atoms with Crippen LogP contribution in [-0.4, -0.2) is 19.6 Å². The third kappa shape index (κ3) is 1.98. The van der Waals surface area contributed by atoms with Crippen LogP contribution in [0.25, 0.3) is 0 Å². The lowest BCUT2D eigenvalue weighted by molar-refractivity contribution is -0.124. The second-order valence-electron chi connectivity index (χ2n) is 5.59. The SMILES string of the molecule is COc1ccc2c(c1)CC1(CCC(=O)NC1)CC2. The molecular weight excluding hydrogens is 226 g/mol. The Hall–Kier alpha value is -1.51. The zero-order valence-electron chi connectivity index (χ0n) is 10.8. The second kappa shape index (κ2) is 4.30. The molecule has 0 radical (unpaired) electrons. The highest BCUT2D eigenvalue weighted by atomic mass is 16.5. The topological polar surface area (TPSA) is 38.3 Å². The van der Waals surface area contributed by atoms with E-state index in [0.29, 0.717) is 6.42 Å². The molecule has 0 saturated carbocycles. The van der Waals surface area contributed by atoms with Gasteiger partial charge < -0.3 is 10.1 Å². The minimum Gasteiger partial charge on any atom is -0.497 e. The molecule has 1 atom stereocenters. The van der Waals surface area contributed by atoms with Crippen molar-refractivity contribution in [3.05, 3.63) is 29.3 Å². The number of ether oxygens (including phenoxy) is 1. The monoisotopic (exact) mass is 245 g/mol. The van der Waals surface area contributed by atoms with E-state index in [1.807, 2.05) is 6.07 Å². The minimum atomic E-state index is 0.206. The molecule has 1 heterocycles. The van der Waals surface area contributed by atoms with Gasteiger partial charge >= 0.3 is 0 Å². The highest BCUT2D eigenvalue weighted by molar-refractivity contribution is 5.76. The molecule has 2 aliphatic rings. The molecular formula is C15H19NO2. The van der Waals surface area contributed by atoms with Crippen molar-refractivity contribution >= 4 is 5.91 Å². The normalized spacial score (nSPS) is 26.6. The molecule has 1 saturated heterocycles. The van der Waals surface area contributed by atoms with E-state index >= 15 is 0 Å². The zero-order valence-corrected chi connectivity index (χ0v) is 10.8. The molecule has 0 bridgehead atoms. The Morgan fingerprint density at radius 2 is 2.06 bits per heavy atom. The van der Waals surface area contributed by atoms with E-state index < -0.39 is 0 Å². The molecule has 1 spiro atoms. The number of carbonyl (C=O) groups excluding carboxylic acids is 1. The Kier molecular flexibility index (Phi) is 2.77. The first-order chi connectivity index (χ1) is 8.71. The summed E-state index contributed by atoms with van der Waals surface area (Å²) in [7, 11) is 1.71. The van der Waals surface area contributed by atoms with E-state index in [4.69, 9.17) is 4.74 Å². The average Bonchev–Trinajstić information content (AvgIpc) is 2.41. The van der Waals surface area contributed by atoms with Crippen molar-refractivity contribution in [2.24, 2.45) is 5.41 Å². The summed E-state index contributed by atoms with van der Waals surface area (Å²) in [4.78, 5) is 11.3. The molecule has 1 N–H and O–H groups in total. The van der Waals surface area contributed by atoms with E-state index in [9.17, 15) is 4.79 Å². The highest BCUT2D eigenvalue weighted by Gasteiger charge is 2.37. The number of hydrogen-bond acceptors (Lipinski definition) is 2. The third-order valence-corrected chi connectivity index (χ3v) is 4.45. The first-order valence-electron chi connectivity index (χ1n) is 6.63. The van der Waals surface area contributed by atoms with Crippen molar-refractivity contribution in [1.29, 1.82) is 0 Å². The van der Waals surface area contributed by atoms with E-state index in [2.05, 4.69) is 17.4 Å². The number of nitrogens with one attached hydrogen (secondary N) is 1. The summed E-state index contributed by atoms with van der Waals surface area (Å²) in [5.74, 6) is 1.14. The molecule has 18 heavy (non-hydrogen) atoms. The van der Waals surface area contributed by atoms with Gasteiger partial charge in [0.25, 0.3) is 0 Å². The number of rotatable bonds is 1. The van der Waals surface area contributed by atoms with E-state index in [-0.39, 0.29) is 11.3 Å². The van der Waals surface area contributed by atoms with Gasteiger partial charge in [0.05, 0.1) is 7.11 Å². The van der Waals surface area contributed by atoms with Crippen LogP contribution in [0.3, 0.4) is 0 Å². The van der Waals surface area contributed by atoms with Gasteiger partial charge in [-0.3, -0.25) is 4.79 Å². The number of piperidine rings is 1. The Morgan fingerprint density at radius 1 is 1.22 bits per heavy atom. The maximum absolute atomic E-state index is 11.3. The van der Waals surface area contributed by atoms with Gasteiger partial charge in [-0.25, -0.2) is 0 Å². The van der Waals surface area contributed by atoms with Gasteiger partial charge in [0, 0.05) is 13.0 Å². The van der Waals surface area contributed by atoms with Crippen molar-refractivity contribution < 1.29 is 9.53 Å². The van der Waals surface area contributed by atoms with Gasteiger partial charge in [0.15, 0.2) is 0 Å².